The molecule has 0 aliphatic rings. The van der Waals surface area contributed by atoms with Gasteiger partial charge in [0, 0.05) is 5.56 Å². The SMILES string of the molecule is CCCc1ccc(CCc2ccc(OCc3ccc(F)cc3)cc2)cc1C(=O)NC(CC(C)C)c1cc(C)cc(C)c1. The van der Waals surface area contributed by atoms with Crippen LogP contribution in [0, 0.1) is 25.6 Å². The number of amides is 1. The molecule has 4 aromatic carbocycles. The topological polar surface area (TPSA) is 38.3 Å². The summed E-state index contributed by atoms with van der Waals surface area (Å²) < 4.78 is 19.0. The van der Waals surface area contributed by atoms with Gasteiger partial charge in [0.2, 0.25) is 0 Å². The van der Waals surface area contributed by atoms with E-state index in [1.54, 1.807) is 12.1 Å². The quantitative estimate of drug-likeness (QED) is 0.175. The van der Waals surface area contributed by atoms with Crippen LogP contribution in [0.3, 0.4) is 0 Å². The Morgan fingerprint density at radius 1 is 0.786 bits per heavy atom. The molecule has 4 rings (SSSR count). The van der Waals surface area contributed by atoms with Crippen LogP contribution < -0.4 is 10.1 Å². The van der Waals surface area contributed by atoms with E-state index in [1.165, 1.54) is 34.4 Å². The molecule has 0 saturated heterocycles. The monoisotopic (exact) mass is 565 g/mol. The van der Waals surface area contributed by atoms with E-state index >= 15 is 0 Å². The molecule has 0 fully saturated rings. The first-order valence-corrected chi connectivity index (χ1v) is 15.2. The maximum Gasteiger partial charge on any atom is 0.252 e. The molecule has 1 amide bonds. The average Bonchev–Trinajstić information content (AvgIpc) is 2.96. The van der Waals surface area contributed by atoms with Gasteiger partial charge in [0.05, 0.1) is 6.04 Å². The molecular formula is C38H44FNO2. The number of nitrogens with one attached hydrogen (secondary N) is 1. The smallest absolute Gasteiger partial charge is 0.252 e. The highest BCUT2D eigenvalue weighted by molar-refractivity contribution is 5.96. The molecule has 3 nitrogen and oxygen atoms in total. The van der Waals surface area contributed by atoms with Crippen molar-refractivity contribution in [1.82, 2.24) is 5.32 Å². The maximum atomic E-state index is 13.8. The van der Waals surface area contributed by atoms with Crippen LogP contribution in [-0.4, -0.2) is 5.91 Å². The van der Waals surface area contributed by atoms with Gasteiger partial charge in [-0.05, 0) is 104 Å². The van der Waals surface area contributed by atoms with E-state index in [-0.39, 0.29) is 17.8 Å². The Hall–Kier alpha value is -3.92. The van der Waals surface area contributed by atoms with Gasteiger partial charge in [-0.1, -0.05) is 92.9 Å². The summed E-state index contributed by atoms with van der Waals surface area (Å²) in [5.41, 5.74) is 8.79. The second-order valence-electron chi connectivity index (χ2n) is 11.9. The summed E-state index contributed by atoms with van der Waals surface area (Å²) in [5, 5.41) is 3.40. The number of ether oxygens (including phenoxy) is 1. The standard InChI is InChI=1S/C38H44FNO2/c1-6-7-32-15-10-30(9-8-29-13-18-35(19-14-29)42-25-31-11-16-34(39)17-12-31)24-36(32)38(41)40-37(20-26(2)3)33-22-27(4)21-28(5)23-33/h10-19,21-24,26,37H,6-9,20,25H2,1-5H3,(H,40,41). The molecule has 4 heteroatoms. The molecule has 0 radical (unpaired) electrons. The van der Waals surface area contributed by atoms with Crippen molar-refractivity contribution in [2.75, 3.05) is 0 Å². The van der Waals surface area contributed by atoms with E-state index in [0.717, 1.165) is 60.1 Å². The van der Waals surface area contributed by atoms with Crippen LogP contribution in [0.25, 0.3) is 0 Å². The molecule has 220 valence electrons. The number of carbonyl (C=O) groups is 1. The van der Waals surface area contributed by atoms with Gasteiger partial charge >= 0.3 is 0 Å². The minimum Gasteiger partial charge on any atom is -0.489 e. The van der Waals surface area contributed by atoms with Crippen LogP contribution in [0.4, 0.5) is 4.39 Å². The zero-order chi connectivity index (χ0) is 30.1. The fourth-order valence-electron chi connectivity index (χ4n) is 5.46. The Labute approximate surface area is 251 Å². The fraction of sp³-hybridized carbons (Fsp3) is 0.342. The van der Waals surface area contributed by atoms with Crippen LogP contribution in [-0.2, 0) is 25.9 Å². The van der Waals surface area contributed by atoms with Gasteiger partial charge in [-0.3, -0.25) is 4.79 Å². The van der Waals surface area contributed by atoms with Crippen LogP contribution in [0.5, 0.6) is 5.75 Å². The highest BCUT2D eigenvalue weighted by Crippen LogP contribution is 2.25. The zero-order valence-electron chi connectivity index (χ0n) is 25.7. The number of aryl methyl sites for hydroxylation is 5. The van der Waals surface area contributed by atoms with Gasteiger partial charge in [0.25, 0.3) is 5.91 Å². The summed E-state index contributed by atoms with van der Waals surface area (Å²) >= 11 is 0. The third-order valence-corrected chi connectivity index (χ3v) is 7.54. The minimum atomic E-state index is -0.247. The minimum absolute atomic E-state index is 0.00719. The normalized spacial score (nSPS) is 11.9. The molecule has 0 aliphatic heterocycles. The molecule has 0 bridgehead atoms. The molecule has 0 heterocycles. The van der Waals surface area contributed by atoms with E-state index in [1.807, 2.05) is 12.1 Å². The number of halogens is 1. The summed E-state index contributed by atoms with van der Waals surface area (Å²) in [7, 11) is 0. The summed E-state index contributed by atoms with van der Waals surface area (Å²) in [6.45, 7) is 11.2. The van der Waals surface area contributed by atoms with E-state index in [9.17, 15) is 9.18 Å². The van der Waals surface area contributed by atoms with Gasteiger partial charge in [-0.25, -0.2) is 4.39 Å². The highest BCUT2D eigenvalue weighted by Gasteiger charge is 2.20. The lowest BCUT2D eigenvalue weighted by Gasteiger charge is -2.23. The van der Waals surface area contributed by atoms with Gasteiger partial charge < -0.3 is 10.1 Å². The predicted octanol–water partition coefficient (Wildman–Crippen LogP) is 9.28. The van der Waals surface area contributed by atoms with Gasteiger partial charge in [0.1, 0.15) is 18.2 Å². The van der Waals surface area contributed by atoms with E-state index in [4.69, 9.17) is 4.74 Å². The second-order valence-corrected chi connectivity index (χ2v) is 11.9. The molecule has 4 aromatic rings. The van der Waals surface area contributed by atoms with Crippen LogP contribution >= 0.6 is 0 Å². The van der Waals surface area contributed by atoms with Gasteiger partial charge in [-0.15, -0.1) is 0 Å². The lowest BCUT2D eigenvalue weighted by molar-refractivity contribution is 0.0931. The number of benzene rings is 4. The molecule has 1 atom stereocenters. The lowest BCUT2D eigenvalue weighted by Crippen LogP contribution is -2.30. The first-order valence-electron chi connectivity index (χ1n) is 15.2. The van der Waals surface area contributed by atoms with Crippen molar-refractivity contribution in [1.29, 1.82) is 0 Å². The largest absolute Gasteiger partial charge is 0.489 e. The van der Waals surface area contributed by atoms with Crippen LogP contribution in [0.1, 0.15) is 89.0 Å². The Morgan fingerprint density at radius 2 is 1.40 bits per heavy atom. The van der Waals surface area contributed by atoms with Crippen molar-refractivity contribution in [2.45, 2.75) is 79.4 Å². The summed E-state index contributed by atoms with van der Waals surface area (Å²) in [5.74, 6) is 0.999. The summed E-state index contributed by atoms with van der Waals surface area (Å²) in [6, 6.07) is 27.4. The van der Waals surface area contributed by atoms with Crippen molar-refractivity contribution in [3.63, 3.8) is 0 Å². The van der Waals surface area contributed by atoms with Gasteiger partial charge in [-0.2, -0.15) is 0 Å². The van der Waals surface area contributed by atoms with E-state index in [2.05, 4.69) is 88.5 Å². The molecular weight excluding hydrogens is 521 g/mol. The first kappa shape index (κ1) is 31.0. The summed E-state index contributed by atoms with van der Waals surface area (Å²) in [4.78, 5) is 13.8. The molecule has 0 aromatic heterocycles. The molecule has 0 spiro atoms. The second kappa shape index (κ2) is 14.8. The third kappa shape index (κ3) is 9.04. The van der Waals surface area contributed by atoms with Gasteiger partial charge in [0.15, 0.2) is 0 Å². The summed E-state index contributed by atoms with van der Waals surface area (Å²) in [6.07, 6.45) is 4.46. The maximum absolute atomic E-state index is 13.8. The fourth-order valence-corrected chi connectivity index (χ4v) is 5.46. The predicted molar refractivity (Wildman–Crippen MR) is 171 cm³/mol. The van der Waals surface area contributed by atoms with E-state index in [0.29, 0.717) is 12.5 Å². The average molecular weight is 566 g/mol. The van der Waals surface area contributed by atoms with Crippen molar-refractivity contribution in [3.05, 3.63) is 135 Å². The third-order valence-electron chi connectivity index (χ3n) is 7.54. The molecule has 1 N–H and O–H groups in total. The Kier molecular flexibility index (Phi) is 10.9. The van der Waals surface area contributed by atoms with Crippen molar-refractivity contribution < 1.29 is 13.9 Å². The number of hydrogen-bond acceptors (Lipinski definition) is 2. The van der Waals surface area contributed by atoms with Crippen molar-refractivity contribution in [3.8, 4) is 5.75 Å². The number of rotatable bonds is 13. The van der Waals surface area contributed by atoms with Crippen molar-refractivity contribution >= 4 is 5.91 Å². The molecule has 0 saturated carbocycles. The van der Waals surface area contributed by atoms with Crippen molar-refractivity contribution in [2.24, 2.45) is 5.92 Å². The Morgan fingerprint density at radius 3 is 2.05 bits per heavy atom. The zero-order valence-corrected chi connectivity index (χ0v) is 25.7. The number of hydrogen-bond donors (Lipinski definition) is 1. The lowest BCUT2D eigenvalue weighted by atomic mass is 9.93. The Bertz CT molecular complexity index is 1440. The van der Waals surface area contributed by atoms with E-state index < -0.39 is 0 Å². The first-order chi connectivity index (χ1) is 20.2. The molecule has 42 heavy (non-hydrogen) atoms. The number of carbonyl (C=O) groups excluding carboxylic acids is 1. The van der Waals surface area contributed by atoms with Crippen LogP contribution in [0.15, 0.2) is 84.9 Å². The highest BCUT2D eigenvalue weighted by atomic mass is 19.1. The molecule has 1 unspecified atom stereocenters. The molecule has 0 aliphatic carbocycles. The Balaban J connectivity index is 1.43. The van der Waals surface area contributed by atoms with Crippen LogP contribution in [0.2, 0.25) is 0 Å².